The summed E-state index contributed by atoms with van der Waals surface area (Å²) in [5, 5.41) is 0.407. The zero-order valence-corrected chi connectivity index (χ0v) is 22.4. The van der Waals surface area contributed by atoms with Gasteiger partial charge in [0.15, 0.2) is 11.5 Å². The third-order valence-corrected chi connectivity index (χ3v) is 7.74. The second-order valence-electron chi connectivity index (χ2n) is 10.7. The summed E-state index contributed by atoms with van der Waals surface area (Å²) in [6, 6.07) is 7.77. The highest BCUT2D eigenvalue weighted by atomic mass is 19.1. The molecule has 2 aliphatic rings. The standard InChI is InChI=1S/C30H31F2N5O2/c1-17(2)25-27-19(12-13-33-25)9-7-15-39-23-11-6-10-21(31)24(23)26-22(32)16-20-28(36-14-5-4-8-18(36)3)35-30(38)37(27)29(20)34-26/h6,10-13,16-18H,4-5,7-9,14-15H2,1-3H3/t18-/m0/s1. The molecule has 1 fully saturated rings. The molecule has 6 rings (SSSR count). The largest absolute Gasteiger partial charge is 0.493 e. The van der Waals surface area contributed by atoms with Crippen LogP contribution in [-0.4, -0.2) is 38.7 Å². The van der Waals surface area contributed by atoms with Gasteiger partial charge in [-0.1, -0.05) is 19.9 Å². The fourth-order valence-electron chi connectivity index (χ4n) is 5.81. The van der Waals surface area contributed by atoms with Crippen LogP contribution < -0.4 is 15.3 Å². The second kappa shape index (κ2) is 10.0. The first kappa shape index (κ1) is 25.4. The molecule has 202 valence electrons. The normalized spacial score (nSPS) is 17.4. The fourth-order valence-corrected chi connectivity index (χ4v) is 5.81. The van der Waals surface area contributed by atoms with E-state index in [-0.39, 0.29) is 41.2 Å². The van der Waals surface area contributed by atoms with Crippen LogP contribution in [0, 0.1) is 11.6 Å². The summed E-state index contributed by atoms with van der Waals surface area (Å²) in [7, 11) is 0. The molecule has 0 aliphatic carbocycles. The molecule has 9 heteroatoms. The molecule has 0 amide bonds. The summed E-state index contributed by atoms with van der Waals surface area (Å²) in [5.74, 6) is -0.737. The Hall–Kier alpha value is -3.88. The zero-order valence-electron chi connectivity index (χ0n) is 22.4. The van der Waals surface area contributed by atoms with Crippen molar-refractivity contribution in [3.63, 3.8) is 0 Å². The minimum Gasteiger partial charge on any atom is -0.493 e. The predicted molar refractivity (Wildman–Crippen MR) is 147 cm³/mol. The number of pyridine rings is 2. The molecule has 3 aromatic heterocycles. The van der Waals surface area contributed by atoms with Gasteiger partial charge in [-0.25, -0.2) is 23.1 Å². The van der Waals surface area contributed by atoms with E-state index in [2.05, 4.69) is 21.8 Å². The molecule has 0 spiro atoms. The van der Waals surface area contributed by atoms with Crippen molar-refractivity contribution in [2.75, 3.05) is 18.1 Å². The van der Waals surface area contributed by atoms with Gasteiger partial charge in [0, 0.05) is 18.8 Å². The highest BCUT2D eigenvalue weighted by Gasteiger charge is 2.29. The number of piperidine rings is 1. The topological polar surface area (TPSA) is 73.1 Å². The highest BCUT2D eigenvalue weighted by Crippen LogP contribution is 2.38. The lowest BCUT2D eigenvalue weighted by Gasteiger charge is -2.35. The van der Waals surface area contributed by atoms with Crippen molar-refractivity contribution in [2.24, 2.45) is 0 Å². The number of aryl methyl sites for hydroxylation is 1. The van der Waals surface area contributed by atoms with E-state index in [4.69, 9.17) is 9.72 Å². The smallest absolute Gasteiger partial charge is 0.355 e. The number of nitrogens with zero attached hydrogens (tertiary/aromatic N) is 5. The lowest BCUT2D eigenvalue weighted by atomic mass is 10.0. The Kier molecular flexibility index (Phi) is 6.53. The van der Waals surface area contributed by atoms with Crippen molar-refractivity contribution < 1.29 is 13.5 Å². The molecule has 7 nitrogen and oxygen atoms in total. The van der Waals surface area contributed by atoms with E-state index in [0.29, 0.717) is 42.0 Å². The summed E-state index contributed by atoms with van der Waals surface area (Å²) in [4.78, 5) is 29.9. The maximum absolute atomic E-state index is 16.0. The van der Waals surface area contributed by atoms with Crippen LogP contribution in [0.3, 0.4) is 0 Å². The van der Waals surface area contributed by atoms with Crippen LogP contribution in [0.5, 0.6) is 5.75 Å². The monoisotopic (exact) mass is 531 g/mol. The number of hydrogen-bond donors (Lipinski definition) is 0. The van der Waals surface area contributed by atoms with Gasteiger partial charge in [0.2, 0.25) is 0 Å². The van der Waals surface area contributed by atoms with Crippen molar-refractivity contribution in [1.29, 1.82) is 0 Å². The Morgan fingerprint density at radius 2 is 1.92 bits per heavy atom. The molecular formula is C30H31F2N5O2. The number of aromatic nitrogens is 4. The molecular weight excluding hydrogens is 500 g/mol. The maximum atomic E-state index is 16.0. The minimum absolute atomic E-state index is 0.00839. The SMILES string of the molecule is CC(C)c1nccc2c1-n1c(=O)nc(N3CCCC[C@@H]3C)c3cc(F)c(nc31)-c1c(F)cccc1OCCC2. The molecule has 5 heterocycles. The molecule has 1 atom stereocenters. The summed E-state index contributed by atoms with van der Waals surface area (Å²) in [6.07, 6.45) is 5.91. The van der Waals surface area contributed by atoms with Gasteiger partial charge >= 0.3 is 5.69 Å². The van der Waals surface area contributed by atoms with Crippen molar-refractivity contribution in [3.05, 3.63) is 69.9 Å². The average Bonchev–Trinajstić information content (AvgIpc) is 2.91. The molecule has 2 bridgehead atoms. The van der Waals surface area contributed by atoms with E-state index in [0.717, 1.165) is 24.8 Å². The molecule has 2 aliphatic heterocycles. The van der Waals surface area contributed by atoms with Gasteiger partial charge in [-0.15, -0.1) is 0 Å². The number of benzene rings is 1. The Bertz CT molecular complexity index is 1630. The highest BCUT2D eigenvalue weighted by molar-refractivity contribution is 5.91. The minimum atomic E-state index is -0.706. The van der Waals surface area contributed by atoms with Gasteiger partial charge in [0.1, 0.15) is 23.1 Å². The van der Waals surface area contributed by atoms with Crippen LogP contribution in [-0.2, 0) is 6.42 Å². The average molecular weight is 532 g/mol. The van der Waals surface area contributed by atoms with Crippen LogP contribution in [0.2, 0.25) is 0 Å². The van der Waals surface area contributed by atoms with Gasteiger partial charge in [-0.05, 0) is 74.8 Å². The van der Waals surface area contributed by atoms with E-state index in [1.165, 1.54) is 22.8 Å². The summed E-state index contributed by atoms with van der Waals surface area (Å²) in [5.41, 5.74) is 1.67. The van der Waals surface area contributed by atoms with Crippen molar-refractivity contribution >= 4 is 16.9 Å². The molecule has 0 radical (unpaired) electrons. The maximum Gasteiger partial charge on any atom is 0.355 e. The number of fused-ring (bicyclic) bond motifs is 5. The lowest BCUT2D eigenvalue weighted by molar-refractivity contribution is 0.310. The Morgan fingerprint density at radius 3 is 2.72 bits per heavy atom. The predicted octanol–water partition coefficient (Wildman–Crippen LogP) is 5.95. The first-order valence-corrected chi connectivity index (χ1v) is 13.6. The van der Waals surface area contributed by atoms with Gasteiger partial charge in [-0.2, -0.15) is 4.98 Å². The molecule has 1 saturated heterocycles. The summed E-state index contributed by atoms with van der Waals surface area (Å²) in [6.45, 7) is 7.09. The van der Waals surface area contributed by atoms with Crippen LogP contribution in [0.1, 0.15) is 63.6 Å². The van der Waals surface area contributed by atoms with Crippen molar-refractivity contribution in [2.45, 2.75) is 64.8 Å². The molecule has 4 aromatic rings. The Labute approximate surface area is 225 Å². The number of anilines is 1. The number of ether oxygens (including phenoxy) is 1. The van der Waals surface area contributed by atoms with E-state index >= 15 is 8.78 Å². The van der Waals surface area contributed by atoms with E-state index < -0.39 is 17.3 Å². The van der Waals surface area contributed by atoms with Crippen LogP contribution >= 0.6 is 0 Å². The van der Waals surface area contributed by atoms with Crippen LogP contribution in [0.4, 0.5) is 14.6 Å². The third kappa shape index (κ3) is 4.33. The van der Waals surface area contributed by atoms with Crippen LogP contribution in [0.25, 0.3) is 28.0 Å². The van der Waals surface area contributed by atoms with Crippen LogP contribution in [0.15, 0.2) is 41.3 Å². The first-order valence-electron chi connectivity index (χ1n) is 13.6. The van der Waals surface area contributed by atoms with Gasteiger partial charge < -0.3 is 9.64 Å². The third-order valence-electron chi connectivity index (χ3n) is 7.74. The number of halogens is 2. The number of hydrogen-bond acceptors (Lipinski definition) is 6. The summed E-state index contributed by atoms with van der Waals surface area (Å²) < 4.78 is 38.6. The van der Waals surface area contributed by atoms with Gasteiger partial charge in [0.25, 0.3) is 0 Å². The van der Waals surface area contributed by atoms with E-state index in [1.54, 1.807) is 12.3 Å². The first-order chi connectivity index (χ1) is 18.8. The number of rotatable bonds is 2. The van der Waals surface area contributed by atoms with Crippen molar-refractivity contribution in [3.8, 4) is 22.7 Å². The molecule has 0 N–H and O–H groups in total. The Morgan fingerprint density at radius 1 is 1.08 bits per heavy atom. The zero-order chi connectivity index (χ0) is 27.3. The second-order valence-corrected chi connectivity index (χ2v) is 10.7. The quantitative estimate of drug-likeness (QED) is 0.318. The summed E-state index contributed by atoms with van der Waals surface area (Å²) >= 11 is 0. The Balaban J connectivity index is 1.77. The molecule has 0 saturated carbocycles. The fraction of sp³-hybridized carbons (Fsp3) is 0.400. The molecule has 39 heavy (non-hydrogen) atoms. The van der Waals surface area contributed by atoms with E-state index in [9.17, 15) is 4.79 Å². The molecule has 0 unspecified atom stereocenters. The van der Waals surface area contributed by atoms with Crippen molar-refractivity contribution in [1.82, 2.24) is 19.5 Å². The lowest BCUT2D eigenvalue weighted by Crippen LogP contribution is -2.40. The van der Waals surface area contributed by atoms with Gasteiger partial charge in [0.05, 0.1) is 28.9 Å². The molecule has 1 aromatic carbocycles. The van der Waals surface area contributed by atoms with Gasteiger partial charge in [-0.3, -0.25) is 4.98 Å². The van der Waals surface area contributed by atoms with E-state index in [1.807, 2.05) is 19.9 Å².